The molecule has 1 saturated heterocycles. The van der Waals surface area contributed by atoms with Crippen LogP contribution in [0.2, 0.25) is 0 Å². The number of ether oxygens (including phenoxy) is 1. The van der Waals surface area contributed by atoms with Gasteiger partial charge in [0.25, 0.3) is 5.56 Å². The molecule has 0 aliphatic carbocycles. The van der Waals surface area contributed by atoms with Crippen LogP contribution in [0.4, 0.5) is 8.78 Å². The number of rotatable bonds is 5. The second-order valence-electron chi connectivity index (χ2n) is 6.67. The minimum absolute atomic E-state index is 0.0410. The quantitative estimate of drug-likeness (QED) is 0.623. The van der Waals surface area contributed by atoms with Crippen LogP contribution in [0, 0.1) is 18.6 Å². The molecule has 3 N–H and O–H groups in total. The third-order valence-corrected chi connectivity index (χ3v) is 4.78. The van der Waals surface area contributed by atoms with Crippen LogP contribution in [-0.4, -0.2) is 49.4 Å². The number of halogens is 2. The second kappa shape index (κ2) is 7.92. The molecule has 28 heavy (non-hydrogen) atoms. The Hall–Kier alpha value is -2.40. The summed E-state index contributed by atoms with van der Waals surface area (Å²) in [6.45, 7) is 0.706. The van der Waals surface area contributed by atoms with Gasteiger partial charge in [-0.05, 0) is 25.0 Å². The maximum Gasteiger partial charge on any atom is 0.333 e. The standard InChI is InChI=1S/C18H20F2N2O6/c1-9-7-22(17-15(25)14(24)13(8-23)28-17)18(27)21(16(9)26)5-4-10-2-3-11(19)6-12(10)20/h2-3,6-7,13-15,17,23-25H,4-5,8H2,1H3/t13-,14?,15?,17-/m1/s1. The zero-order valence-corrected chi connectivity index (χ0v) is 15.0. The lowest BCUT2D eigenvalue weighted by atomic mass is 10.1. The molecule has 0 spiro atoms. The number of aryl methyl sites for hydroxylation is 2. The van der Waals surface area contributed by atoms with Crippen molar-refractivity contribution in [2.24, 2.45) is 0 Å². The number of aromatic nitrogens is 2. The topological polar surface area (TPSA) is 114 Å². The average Bonchev–Trinajstić information content (AvgIpc) is 2.94. The third kappa shape index (κ3) is 3.63. The van der Waals surface area contributed by atoms with Gasteiger partial charge in [0.2, 0.25) is 0 Å². The summed E-state index contributed by atoms with van der Waals surface area (Å²) in [7, 11) is 0. The predicted molar refractivity (Wildman–Crippen MR) is 92.8 cm³/mol. The third-order valence-electron chi connectivity index (χ3n) is 4.78. The van der Waals surface area contributed by atoms with E-state index in [4.69, 9.17) is 4.74 Å². The van der Waals surface area contributed by atoms with E-state index < -0.39 is 54.0 Å². The highest BCUT2D eigenvalue weighted by Gasteiger charge is 2.44. The summed E-state index contributed by atoms with van der Waals surface area (Å²) < 4.78 is 34.0. The van der Waals surface area contributed by atoms with Crippen molar-refractivity contribution in [2.75, 3.05) is 6.61 Å². The maximum absolute atomic E-state index is 13.8. The average molecular weight is 398 g/mol. The van der Waals surface area contributed by atoms with E-state index in [1.165, 1.54) is 19.2 Å². The highest BCUT2D eigenvalue weighted by molar-refractivity contribution is 5.18. The molecule has 152 valence electrons. The van der Waals surface area contributed by atoms with Gasteiger partial charge in [-0.3, -0.25) is 13.9 Å². The first-order valence-corrected chi connectivity index (χ1v) is 8.63. The van der Waals surface area contributed by atoms with Crippen molar-refractivity contribution in [3.05, 3.63) is 68.0 Å². The van der Waals surface area contributed by atoms with Crippen molar-refractivity contribution in [3.63, 3.8) is 0 Å². The number of aliphatic hydroxyl groups is 3. The molecule has 1 aliphatic heterocycles. The Bertz CT molecular complexity index is 989. The van der Waals surface area contributed by atoms with E-state index in [9.17, 15) is 33.7 Å². The number of hydrogen-bond donors (Lipinski definition) is 3. The van der Waals surface area contributed by atoms with E-state index >= 15 is 0 Å². The minimum atomic E-state index is -1.49. The van der Waals surface area contributed by atoms with Crippen LogP contribution in [0.5, 0.6) is 0 Å². The summed E-state index contributed by atoms with van der Waals surface area (Å²) in [4.78, 5) is 25.2. The van der Waals surface area contributed by atoms with Gasteiger partial charge in [-0.1, -0.05) is 6.07 Å². The normalized spacial score (nSPS) is 24.6. The van der Waals surface area contributed by atoms with Gasteiger partial charge in [-0.2, -0.15) is 0 Å². The fourth-order valence-corrected chi connectivity index (χ4v) is 3.20. The molecule has 0 amide bonds. The Morgan fingerprint density at radius 1 is 1.18 bits per heavy atom. The molecule has 1 aromatic carbocycles. The van der Waals surface area contributed by atoms with E-state index in [0.717, 1.165) is 15.2 Å². The molecular weight excluding hydrogens is 378 g/mol. The highest BCUT2D eigenvalue weighted by atomic mass is 19.1. The molecule has 0 radical (unpaired) electrons. The molecule has 4 atom stereocenters. The van der Waals surface area contributed by atoms with Gasteiger partial charge in [-0.25, -0.2) is 13.6 Å². The van der Waals surface area contributed by atoms with Gasteiger partial charge in [0.15, 0.2) is 6.23 Å². The second-order valence-corrected chi connectivity index (χ2v) is 6.67. The molecular formula is C18H20F2N2O6. The van der Waals surface area contributed by atoms with Gasteiger partial charge < -0.3 is 20.1 Å². The van der Waals surface area contributed by atoms with E-state index in [2.05, 4.69) is 0 Å². The maximum atomic E-state index is 13.8. The summed E-state index contributed by atoms with van der Waals surface area (Å²) >= 11 is 0. The van der Waals surface area contributed by atoms with Crippen LogP contribution in [-0.2, 0) is 17.7 Å². The van der Waals surface area contributed by atoms with E-state index in [0.29, 0.717) is 6.07 Å². The molecule has 10 heteroatoms. The van der Waals surface area contributed by atoms with E-state index in [-0.39, 0.29) is 24.1 Å². The highest BCUT2D eigenvalue weighted by Crippen LogP contribution is 2.28. The Morgan fingerprint density at radius 3 is 2.50 bits per heavy atom. The van der Waals surface area contributed by atoms with Gasteiger partial charge in [0.1, 0.15) is 29.9 Å². The molecule has 3 rings (SSSR count). The fourth-order valence-electron chi connectivity index (χ4n) is 3.20. The molecule has 2 unspecified atom stereocenters. The number of aliphatic hydroxyl groups excluding tert-OH is 3. The predicted octanol–water partition coefficient (Wildman–Crippen LogP) is -0.549. The Morgan fingerprint density at radius 2 is 1.89 bits per heavy atom. The summed E-state index contributed by atoms with van der Waals surface area (Å²) in [6.07, 6.45) is -4.12. The Labute approximate surface area is 157 Å². The van der Waals surface area contributed by atoms with Gasteiger partial charge in [0, 0.05) is 24.4 Å². The molecule has 2 aromatic rings. The zero-order chi connectivity index (χ0) is 20.6. The van der Waals surface area contributed by atoms with Crippen LogP contribution >= 0.6 is 0 Å². The van der Waals surface area contributed by atoms with Crippen molar-refractivity contribution in [3.8, 4) is 0 Å². The Kier molecular flexibility index (Phi) is 5.75. The van der Waals surface area contributed by atoms with Crippen molar-refractivity contribution in [1.82, 2.24) is 9.13 Å². The van der Waals surface area contributed by atoms with E-state index in [1.54, 1.807) is 0 Å². The smallest absolute Gasteiger partial charge is 0.333 e. The van der Waals surface area contributed by atoms with Crippen LogP contribution in [0.1, 0.15) is 17.4 Å². The summed E-state index contributed by atoms with van der Waals surface area (Å²) in [6, 6.07) is 3.02. The molecule has 2 heterocycles. The summed E-state index contributed by atoms with van der Waals surface area (Å²) in [5, 5.41) is 29.2. The molecule has 8 nitrogen and oxygen atoms in total. The van der Waals surface area contributed by atoms with Crippen LogP contribution in [0.25, 0.3) is 0 Å². The Balaban J connectivity index is 1.94. The lowest BCUT2D eigenvalue weighted by Crippen LogP contribution is -2.44. The van der Waals surface area contributed by atoms with Crippen molar-refractivity contribution in [2.45, 2.75) is 44.4 Å². The van der Waals surface area contributed by atoms with Gasteiger partial charge in [0.05, 0.1) is 6.61 Å². The monoisotopic (exact) mass is 398 g/mol. The van der Waals surface area contributed by atoms with Crippen LogP contribution < -0.4 is 11.2 Å². The number of benzene rings is 1. The molecule has 0 saturated carbocycles. The molecule has 1 aromatic heterocycles. The molecule has 1 fully saturated rings. The first-order chi connectivity index (χ1) is 13.2. The largest absolute Gasteiger partial charge is 0.394 e. The SMILES string of the molecule is Cc1cn([C@@H]2O[C@H](CO)C(O)C2O)c(=O)n(CCc2ccc(F)cc2F)c1=O. The lowest BCUT2D eigenvalue weighted by Gasteiger charge is -2.19. The first-order valence-electron chi connectivity index (χ1n) is 8.63. The van der Waals surface area contributed by atoms with Crippen molar-refractivity contribution >= 4 is 0 Å². The minimum Gasteiger partial charge on any atom is -0.394 e. The van der Waals surface area contributed by atoms with Gasteiger partial charge >= 0.3 is 5.69 Å². The number of hydrogen-bond acceptors (Lipinski definition) is 6. The summed E-state index contributed by atoms with van der Waals surface area (Å²) in [5.74, 6) is -1.52. The van der Waals surface area contributed by atoms with Crippen molar-refractivity contribution < 1.29 is 28.8 Å². The van der Waals surface area contributed by atoms with Crippen molar-refractivity contribution in [1.29, 1.82) is 0 Å². The number of nitrogens with zero attached hydrogens (tertiary/aromatic N) is 2. The lowest BCUT2D eigenvalue weighted by molar-refractivity contribution is -0.0557. The zero-order valence-electron chi connectivity index (χ0n) is 15.0. The molecule has 1 aliphatic rings. The van der Waals surface area contributed by atoms with Gasteiger partial charge in [-0.15, -0.1) is 0 Å². The van der Waals surface area contributed by atoms with E-state index in [1.807, 2.05) is 0 Å². The van der Waals surface area contributed by atoms with Crippen LogP contribution in [0.3, 0.4) is 0 Å². The molecule has 0 bridgehead atoms. The van der Waals surface area contributed by atoms with Crippen LogP contribution in [0.15, 0.2) is 34.0 Å². The first kappa shape index (κ1) is 20.3. The fraction of sp³-hybridized carbons (Fsp3) is 0.444. The summed E-state index contributed by atoms with van der Waals surface area (Å²) in [5.41, 5.74) is -1.13.